The number of hydrogen-bond acceptors (Lipinski definition) is 3. The number of ketones is 1. The number of rotatable bonds is 3. The zero-order chi connectivity index (χ0) is 20.7. The van der Waals surface area contributed by atoms with Gasteiger partial charge in [0.1, 0.15) is 4.75 Å². The third kappa shape index (κ3) is 3.41. The minimum Gasteiger partial charge on any atom is -0.391 e. The molecule has 2 aromatic carbocycles. The molecule has 0 spiro atoms. The first-order chi connectivity index (χ1) is 13.0. The summed E-state index contributed by atoms with van der Waals surface area (Å²) in [5, 5.41) is 10.2. The fourth-order valence-electron chi connectivity index (χ4n) is 3.43. The van der Waals surface area contributed by atoms with Crippen molar-refractivity contribution in [3.8, 4) is 0 Å². The fourth-order valence-corrected chi connectivity index (χ4v) is 4.95. The maximum absolute atomic E-state index is 14.3. The van der Waals surface area contributed by atoms with Crippen LogP contribution >= 0.6 is 11.8 Å². The molecule has 0 aliphatic carbocycles. The van der Waals surface area contributed by atoms with Crippen molar-refractivity contribution in [2.24, 2.45) is 5.92 Å². The van der Waals surface area contributed by atoms with Gasteiger partial charge in [-0.25, -0.2) is 0 Å². The van der Waals surface area contributed by atoms with Crippen LogP contribution in [-0.2, 0) is 10.9 Å². The monoisotopic (exact) mass is 420 g/mol. The van der Waals surface area contributed by atoms with Gasteiger partial charge in [0, 0.05) is 11.3 Å². The molecule has 3 rings (SSSR count). The van der Waals surface area contributed by atoms with Crippen LogP contribution in [0.5, 0.6) is 0 Å². The largest absolute Gasteiger partial charge is 0.416 e. The molecule has 2 aromatic rings. The van der Waals surface area contributed by atoms with Gasteiger partial charge in [-0.15, -0.1) is 11.8 Å². The van der Waals surface area contributed by atoms with E-state index in [0.717, 1.165) is 12.1 Å². The van der Waals surface area contributed by atoms with Crippen molar-refractivity contribution in [2.75, 3.05) is 5.75 Å². The van der Waals surface area contributed by atoms with E-state index in [0.29, 0.717) is 12.1 Å². The van der Waals surface area contributed by atoms with Crippen molar-refractivity contribution >= 4 is 17.5 Å². The normalized spacial score (nSPS) is 25.7. The van der Waals surface area contributed by atoms with Gasteiger partial charge >= 0.3 is 12.4 Å². The van der Waals surface area contributed by atoms with Crippen molar-refractivity contribution in [3.05, 3.63) is 71.3 Å². The number of aliphatic hydroxyl groups is 1. The lowest BCUT2D eigenvalue weighted by Gasteiger charge is -2.37. The number of Topliss-reactive ketones (excluding diaryl/α,β-unsaturated/α-hetero) is 1. The molecule has 1 saturated heterocycles. The van der Waals surface area contributed by atoms with Gasteiger partial charge in [-0.1, -0.05) is 48.5 Å². The molecular weight excluding hydrogens is 406 g/mol. The molecule has 0 amide bonds. The topological polar surface area (TPSA) is 37.3 Å². The first-order valence-corrected chi connectivity index (χ1v) is 9.13. The van der Waals surface area contributed by atoms with Crippen LogP contribution in [0, 0.1) is 5.92 Å². The Morgan fingerprint density at radius 2 is 1.64 bits per heavy atom. The summed E-state index contributed by atoms with van der Waals surface area (Å²) in [5.74, 6) is -3.37. The lowest BCUT2D eigenvalue weighted by molar-refractivity contribution is -0.175. The van der Waals surface area contributed by atoms with Crippen LogP contribution in [0.25, 0.3) is 0 Å². The summed E-state index contributed by atoms with van der Waals surface area (Å²) < 4.78 is 79.0. The second-order valence-corrected chi connectivity index (χ2v) is 7.66. The van der Waals surface area contributed by atoms with E-state index in [1.807, 2.05) is 0 Å². The molecule has 1 heterocycles. The third-order valence-corrected chi connectivity index (χ3v) is 6.37. The Morgan fingerprint density at radius 3 is 2.21 bits per heavy atom. The van der Waals surface area contributed by atoms with Gasteiger partial charge in [0.25, 0.3) is 0 Å². The van der Waals surface area contributed by atoms with Gasteiger partial charge in [-0.3, -0.25) is 4.79 Å². The predicted molar refractivity (Wildman–Crippen MR) is 91.9 cm³/mol. The average molecular weight is 420 g/mol. The maximum Gasteiger partial charge on any atom is 0.416 e. The number of thioether (sulfide) groups is 1. The minimum atomic E-state index is -5.07. The summed E-state index contributed by atoms with van der Waals surface area (Å²) in [4.78, 5) is 12.9. The van der Waals surface area contributed by atoms with Crippen molar-refractivity contribution < 1.29 is 36.2 Å². The molecule has 3 atom stereocenters. The summed E-state index contributed by atoms with van der Waals surface area (Å²) in [6.45, 7) is 0. The second kappa shape index (κ2) is 7.11. The standard InChI is InChI=1S/C19H14F6O2S/c20-18(21,22)13-8-4-7-12(9-13)17(19(23,24)25)15(14(26)10-28-17)16(27)11-5-2-1-3-6-11/h1-9,14-15,26H,10H2/t14-,15+,17-/m1/s1. The molecular formula is C19H14F6O2S. The fraction of sp³-hybridized carbons (Fsp3) is 0.316. The Hall–Kier alpha value is -2.00. The molecule has 1 fully saturated rings. The van der Waals surface area contributed by atoms with Crippen LogP contribution in [-0.4, -0.2) is 28.9 Å². The highest BCUT2D eigenvalue weighted by atomic mass is 32.2. The second-order valence-electron chi connectivity index (χ2n) is 6.40. The van der Waals surface area contributed by atoms with Gasteiger partial charge in [0.2, 0.25) is 0 Å². The molecule has 1 aliphatic rings. The smallest absolute Gasteiger partial charge is 0.391 e. The highest BCUT2D eigenvalue weighted by Gasteiger charge is 2.68. The van der Waals surface area contributed by atoms with Crippen molar-refractivity contribution in [3.63, 3.8) is 0 Å². The summed E-state index contributed by atoms with van der Waals surface area (Å²) in [5.41, 5.74) is -2.00. The minimum absolute atomic E-state index is 0.0466. The van der Waals surface area contributed by atoms with Crippen molar-refractivity contribution in [1.29, 1.82) is 0 Å². The van der Waals surface area contributed by atoms with E-state index < -0.39 is 51.8 Å². The SMILES string of the molecule is O=C(c1ccccc1)[C@@H]1[C@H](O)CS[C@@]1(c1cccc(C(F)(F)F)c1)C(F)(F)F. The highest BCUT2D eigenvalue weighted by molar-refractivity contribution is 8.00. The predicted octanol–water partition coefficient (Wildman–Crippen LogP) is 5.07. The number of aliphatic hydroxyl groups excluding tert-OH is 1. The molecule has 9 heteroatoms. The highest BCUT2D eigenvalue weighted by Crippen LogP contribution is 2.60. The van der Waals surface area contributed by atoms with Gasteiger partial charge in [0.05, 0.1) is 17.6 Å². The molecule has 2 nitrogen and oxygen atoms in total. The maximum atomic E-state index is 14.3. The molecule has 150 valence electrons. The molecule has 0 radical (unpaired) electrons. The Kier molecular flexibility index (Phi) is 5.26. The van der Waals surface area contributed by atoms with Crippen LogP contribution in [0.2, 0.25) is 0 Å². The lowest BCUT2D eigenvalue weighted by atomic mass is 9.77. The van der Waals surface area contributed by atoms with Gasteiger partial charge in [-0.05, 0) is 11.6 Å². The van der Waals surface area contributed by atoms with E-state index in [2.05, 4.69) is 0 Å². The lowest BCUT2D eigenvalue weighted by Crippen LogP contribution is -2.49. The zero-order valence-electron chi connectivity index (χ0n) is 14.1. The molecule has 0 bridgehead atoms. The van der Waals surface area contributed by atoms with Crippen LogP contribution in [0.15, 0.2) is 54.6 Å². The summed E-state index contributed by atoms with van der Waals surface area (Å²) in [7, 11) is 0. The molecule has 28 heavy (non-hydrogen) atoms. The number of carbonyl (C=O) groups is 1. The number of carbonyl (C=O) groups excluding carboxylic acids is 1. The van der Waals surface area contributed by atoms with E-state index in [-0.39, 0.29) is 17.3 Å². The van der Waals surface area contributed by atoms with E-state index in [1.54, 1.807) is 6.07 Å². The average Bonchev–Trinajstić information content (AvgIpc) is 2.99. The van der Waals surface area contributed by atoms with E-state index in [1.165, 1.54) is 24.3 Å². The van der Waals surface area contributed by atoms with Gasteiger partial charge in [0.15, 0.2) is 5.78 Å². The van der Waals surface area contributed by atoms with Crippen molar-refractivity contribution in [1.82, 2.24) is 0 Å². The Balaban J connectivity index is 2.20. The zero-order valence-corrected chi connectivity index (χ0v) is 14.9. The van der Waals surface area contributed by atoms with E-state index in [4.69, 9.17) is 0 Å². The van der Waals surface area contributed by atoms with Crippen LogP contribution < -0.4 is 0 Å². The first-order valence-electron chi connectivity index (χ1n) is 8.14. The Labute approximate surface area is 160 Å². The molecule has 1 aliphatic heterocycles. The molecule has 0 unspecified atom stereocenters. The number of hydrogen-bond donors (Lipinski definition) is 1. The van der Waals surface area contributed by atoms with Crippen LogP contribution in [0.4, 0.5) is 26.3 Å². The summed E-state index contributed by atoms with van der Waals surface area (Å²) in [6.07, 6.45) is -11.6. The van der Waals surface area contributed by atoms with E-state index >= 15 is 0 Å². The Morgan fingerprint density at radius 1 is 1.00 bits per heavy atom. The van der Waals surface area contributed by atoms with Crippen molar-refractivity contribution in [2.45, 2.75) is 23.2 Å². The van der Waals surface area contributed by atoms with Crippen LogP contribution in [0.1, 0.15) is 21.5 Å². The van der Waals surface area contributed by atoms with Crippen LogP contribution in [0.3, 0.4) is 0 Å². The third-order valence-electron chi connectivity index (χ3n) is 4.69. The van der Waals surface area contributed by atoms with E-state index in [9.17, 15) is 36.2 Å². The molecule has 1 N–H and O–H groups in total. The molecule has 0 saturated carbocycles. The summed E-state index contributed by atoms with van der Waals surface area (Å²) >= 11 is 0.245. The first kappa shape index (κ1) is 20.7. The summed E-state index contributed by atoms with van der Waals surface area (Å²) in [6, 6.07) is 9.97. The number of benzene rings is 2. The Bertz CT molecular complexity index is 865. The molecule has 0 aromatic heterocycles. The number of halogens is 6. The quantitative estimate of drug-likeness (QED) is 0.557. The van der Waals surface area contributed by atoms with Gasteiger partial charge < -0.3 is 5.11 Å². The number of alkyl halides is 6. The van der Waals surface area contributed by atoms with Gasteiger partial charge in [-0.2, -0.15) is 26.3 Å².